The predicted octanol–water partition coefficient (Wildman–Crippen LogP) is 3.29. The average Bonchev–Trinajstić information content (AvgIpc) is 2.62. The van der Waals surface area contributed by atoms with Gasteiger partial charge in [-0.15, -0.1) is 24.0 Å². The minimum Gasteiger partial charge on any atom is -0.381 e. The lowest BCUT2D eigenvalue weighted by Gasteiger charge is -2.16. The highest BCUT2D eigenvalue weighted by molar-refractivity contribution is 14.0. The molecule has 0 atom stereocenters. The van der Waals surface area contributed by atoms with Crippen LogP contribution in [0, 0.1) is 5.92 Å². The van der Waals surface area contributed by atoms with E-state index in [9.17, 15) is 0 Å². The van der Waals surface area contributed by atoms with Crippen molar-refractivity contribution in [2.75, 3.05) is 19.8 Å². The fourth-order valence-electron chi connectivity index (χ4n) is 2.36. The zero-order valence-corrected chi connectivity index (χ0v) is 15.4. The molecule has 1 aliphatic carbocycles. The van der Waals surface area contributed by atoms with Gasteiger partial charge in [0, 0.05) is 25.8 Å². The smallest absolute Gasteiger partial charge is 0.188 e. The minimum atomic E-state index is 0. The summed E-state index contributed by atoms with van der Waals surface area (Å²) in [5.74, 6) is 1.21. The van der Waals surface area contributed by atoms with Crippen LogP contribution < -0.4 is 11.1 Å². The third-order valence-electron chi connectivity index (χ3n) is 3.39. The van der Waals surface area contributed by atoms with Gasteiger partial charge in [0.2, 0.25) is 0 Å². The Kier molecular flexibility index (Phi) is 12.7. The molecule has 0 radical (unpaired) electrons. The Morgan fingerprint density at radius 1 is 1.25 bits per heavy atom. The van der Waals surface area contributed by atoms with E-state index in [1.54, 1.807) is 0 Å². The Bertz CT molecular complexity index is 252. The normalized spacial score (nSPS) is 17.6. The molecule has 1 rings (SSSR count). The van der Waals surface area contributed by atoms with Crippen molar-refractivity contribution in [2.45, 2.75) is 64.8 Å². The van der Waals surface area contributed by atoms with Gasteiger partial charge in [0.25, 0.3) is 0 Å². The summed E-state index contributed by atoms with van der Waals surface area (Å²) in [5.41, 5.74) is 5.92. The third kappa shape index (κ3) is 10.7. The molecule has 0 heterocycles. The van der Waals surface area contributed by atoms with E-state index in [4.69, 9.17) is 10.5 Å². The molecular weight excluding hydrogens is 365 g/mol. The molecule has 1 aliphatic rings. The largest absolute Gasteiger partial charge is 0.381 e. The van der Waals surface area contributed by atoms with Gasteiger partial charge < -0.3 is 15.8 Å². The van der Waals surface area contributed by atoms with Crippen molar-refractivity contribution >= 4 is 29.9 Å². The monoisotopic (exact) mass is 397 g/mol. The molecule has 20 heavy (non-hydrogen) atoms. The van der Waals surface area contributed by atoms with Gasteiger partial charge in [0.05, 0.1) is 0 Å². The van der Waals surface area contributed by atoms with Crippen molar-refractivity contribution < 1.29 is 4.74 Å². The second kappa shape index (κ2) is 12.7. The number of hydrogen-bond donors (Lipinski definition) is 2. The molecule has 120 valence electrons. The fraction of sp³-hybridized carbons (Fsp3) is 0.933. The van der Waals surface area contributed by atoms with Crippen molar-refractivity contribution in [1.29, 1.82) is 0 Å². The van der Waals surface area contributed by atoms with Gasteiger partial charge in [-0.1, -0.05) is 39.5 Å². The molecule has 0 unspecified atom stereocenters. The summed E-state index contributed by atoms with van der Waals surface area (Å²) in [7, 11) is 0. The molecule has 0 aliphatic heterocycles. The molecule has 3 N–H and O–H groups in total. The van der Waals surface area contributed by atoms with Crippen molar-refractivity contribution in [3.8, 4) is 0 Å². The van der Waals surface area contributed by atoms with Gasteiger partial charge in [-0.2, -0.15) is 0 Å². The van der Waals surface area contributed by atoms with E-state index < -0.39 is 0 Å². The van der Waals surface area contributed by atoms with Crippen LogP contribution in [0.15, 0.2) is 4.99 Å². The quantitative estimate of drug-likeness (QED) is 0.228. The van der Waals surface area contributed by atoms with Crippen LogP contribution in [0.25, 0.3) is 0 Å². The zero-order valence-electron chi connectivity index (χ0n) is 13.1. The average molecular weight is 397 g/mol. The molecule has 0 bridgehead atoms. The summed E-state index contributed by atoms with van der Waals surface area (Å²) in [6.07, 6.45) is 8.76. The summed E-state index contributed by atoms with van der Waals surface area (Å²) in [6, 6.07) is 0.531. The maximum absolute atomic E-state index is 5.92. The van der Waals surface area contributed by atoms with E-state index in [1.165, 1.54) is 38.5 Å². The van der Waals surface area contributed by atoms with Crippen LogP contribution in [-0.2, 0) is 4.74 Å². The summed E-state index contributed by atoms with van der Waals surface area (Å²) in [6.45, 7) is 6.68. The van der Waals surface area contributed by atoms with Crippen LogP contribution in [0.2, 0.25) is 0 Å². The van der Waals surface area contributed by atoms with E-state index in [2.05, 4.69) is 24.2 Å². The predicted molar refractivity (Wildman–Crippen MR) is 96.8 cm³/mol. The molecule has 0 aromatic heterocycles. The zero-order chi connectivity index (χ0) is 13.9. The van der Waals surface area contributed by atoms with Crippen LogP contribution >= 0.6 is 24.0 Å². The number of rotatable bonds is 7. The Balaban J connectivity index is 0.00000361. The molecule has 5 heteroatoms. The maximum Gasteiger partial charge on any atom is 0.188 e. The second-order valence-electron chi connectivity index (χ2n) is 5.92. The molecule has 0 spiro atoms. The number of ether oxygens (including phenoxy) is 1. The van der Waals surface area contributed by atoms with Crippen molar-refractivity contribution in [3.05, 3.63) is 0 Å². The first-order valence-corrected chi connectivity index (χ1v) is 7.82. The Labute approximate surface area is 141 Å². The molecular formula is C15H32IN3O. The molecule has 0 amide bonds. The topological polar surface area (TPSA) is 59.6 Å². The van der Waals surface area contributed by atoms with Crippen molar-refractivity contribution in [1.82, 2.24) is 5.32 Å². The molecule has 1 saturated carbocycles. The van der Waals surface area contributed by atoms with Gasteiger partial charge in [-0.3, -0.25) is 4.99 Å². The molecule has 0 saturated heterocycles. The first-order valence-electron chi connectivity index (χ1n) is 7.82. The summed E-state index contributed by atoms with van der Waals surface area (Å²) < 4.78 is 5.51. The standard InChI is InChI=1S/C15H31N3O.HI/c1-13(2)12-19-11-7-10-17-15(16)18-14-8-5-3-4-6-9-14;/h13-14H,3-12H2,1-2H3,(H3,16,17,18);1H. The first kappa shape index (κ1) is 20.0. The highest BCUT2D eigenvalue weighted by Gasteiger charge is 2.11. The van der Waals surface area contributed by atoms with Crippen LogP contribution in [0.3, 0.4) is 0 Å². The highest BCUT2D eigenvalue weighted by atomic mass is 127. The lowest BCUT2D eigenvalue weighted by Crippen LogP contribution is -2.39. The van der Waals surface area contributed by atoms with Gasteiger partial charge >= 0.3 is 0 Å². The molecule has 0 aromatic rings. The number of nitrogens with one attached hydrogen (secondary N) is 1. The van der Waals surface area contributed by atoms with Crippen molar-refractivity contribution in [2.24, 2.45) is 16.6 Å². The number of guanidine groups is 1. The Morgan fingerprint density at radius 3 is 2.50 bits per heavy atom. The number of aliphatic imine (C=N–C) groups is 1. The second-order valence-corrected chi connectivity index (χ2v) is 5.92. The fourth-order valence-corrected chi connectivity index (χ4v) is 2.36. The van der Waals surface area contributed by atoms with Crippen LogP contribution in [0.1, 0.15) is 58.8 Å². The van der Waals surface area contributed by atoms with Crippen LogP contribution in [0.4, 0.5) is 0 Å². The van der Waals surface area contributed by atoms with E-state index in [0.717, 1.165) is 26.2 Å². The lowest BCUT2D eigenvalue weighted by molar-refractivity contribution is 0.109. The maximum atomic E-state index is 5.92. The number of nitrogens with zero attached hydrogens (tertiary/aromatic N) is 1. The number of hydrogen-bond acceptors (Lipinski definition) is 2. The Hall–Kier alpha value is -0.0400. The van der Waals surface area contributed by atoms with Gasteiger partial charge in [-0.25, -0.2) is 0 Å². The highest BCUT2D eigenvalue weighted by Crippen LogP contribution is 2.16. The van der Waals surface area contributed by atoms with Crippen LogP contribution in [0.5, 0.6) is 0 Å². The van der Waals surface area contributed by atoms with Crippen molar-refractivity contribution in [3.63, 3.8) is 0 Å². The van der Waals surface area contributed by atoms with Gasteiger partial charge in [0.15, 0.2) is 5.96 Å². The SMILES string of the molecule is CC(C)COCCCN=C(N)NC1CCCCCC1.I. The number of halogens is 1. The third-order valence-corrected chi connectivity index (χ3v) is 3.39. The number of nitrogens with two attached hydrogens (primary N) is 1. The van der Waals surface area contributed by atoms with Gasteiger partial charge in [0.1, 0.15) is 0 Å². The molecule has 1 fully saturated rings. The van der Waals surface area contributed by atoms with E-state index in [0.29, 0.717) is 17.9 Å². The molecule has 4 nitrogen and oxygen atoms in total. The van der Waals surface area contributed by atoms with Gasteiger partial charge in [-0.05, 0) is 25.2 Å². The lowest BCUT2D eigenvalue weighted by atomic mass is 10.1. The van der Waals surface area contributed by atoms with E-state index in [1.807, 2.05) is 0 Å². The van der Waals surface area contributed by atoms with E-state index in [-0.39, 0.29) is 24.0 Å². The summed E-state index contributed by atoms with van der Waals surface area (Å²) in [5, 5.41) is 3.35. The summed E-state index contributed by atoms with van der Waals surface area (Å²) >= 11 is 0. The molecule has 0 aromatic carbocycles. The van der Waals surface area contributed by atoms with E-state index >= 15 is 0 Å². The van der Waals surface area contributed by atoms with Crippen LogP contribution in [-0.4, -0.2) is 31.8 Å². The first-order chi connectivity index (χ1) is 9.18. The Morgan fingerprint density at radius 2 is 1.90 bits per heavy atom. The minimum absolute atomic E-state index is 0. The summed E-state index contributed by atoms with van der Waals surface area (Å²) in [4.78, 5) is 4.37.